The third-order valence-electron chi connectivity index (χ3n) is 3.04. The molecule has 1 aromatic rings. The molecule has 4 nitrogen and oxygen atoms in total. The van der Waals surface area contributed by atoms with Gasteiger partial charge in [-0.05, 0) is 43.0 Å². The van der Waals surface area contributed by atoms with Crippen LogP contribution in [0, 0.1) is 17.8 Å². The summed E-state index contributed by atoms with van der Waals surface area (Å²) in [6.45, 7) is 1.73. The largest absolute Gasteiger partial charge is 0.384 e. The molecule has 0 unspecified atom stereocenters. The van der Waals surface area contributed by atoms with Crippen LogP contribution >= 0.6 is 0 Å². The van der Waals surface area contributed by atoms with Gasteiger partial charge in [0.05, 0.1) is 6.61 Å². The Kier molecular flexibility index (Phi) is 5.60. The summed E-state index contributed by atoms with van der Waals surface area (Å²) >= 11 is 0. The van der Waals surface area contributed by atoms with Gasteiger partial charge in [-0.25, -0.2) is 0 Å². The second-order valence-electron chi connectivity index (χ2n) is 4.81. The SMILES string of the molecule is O=C(NCCOCC1CC1)c1ccc(C#CCO)cc1. The molecular weight excluding hydrogens is 254 g/mol. The number of hydrogen-bond acceptors (Lipinski definition) is 3. The molecular formula is C16H19NO3. The van der Waals surface area contributed by atoms with Crippen molar-refractivity contribution in [2.24, 2.45) is 5.92 Å². The van der Waals surface area contributed by atoms with Gasteiger partial charge in [-0.1, -0.05) is 11.8 Å². The second-order valence-corrected chi connectivity index (χ2v) is 4.81. The molecule has 2 N–H and O–H groups in total. The number of aliphatic hydroxyl groups excluding tert-OH is 1. The van der Waals surface area contributed by atoms with E-state index >= 15 is 0 Å². The number of nitrogens with one attached hydrogen (secondary N) is 1. The zero-order valence-corrected chi connectivity index (χ0v) is 11.4. The number of rotatable bonds is 6. The van der Waals surface area contributed by atoms with Gasteiger partial charge in [0.15, 0.2) is 0 Å². The van der Waals surface area contributed by atoms with Gasteiger partial charge in [0.25, 0.3) is 5.91 Å². The Hall–Kier alpha value is -1.83. The number of ether oxygens (including phenoxy) is 1. The molecule has 0 saturated heterocycles. The fourth-order valence-electron chi connectivity index (χ4n) is 1.72. The molecule has 106 valence electrons. The van der Waals surface area contributed by atoms with E-state index in [1.165, 1.54) is 12.8 Å². The number of aliphatic hydroxyl groups is 1. The van der Waals surface area contributed by atoms with Crippen LogP contribution < -0.4 is 5.32 Å². The van der Waals surface area contributed by atoms with E-state index in [1.807, 2.05) is 0 Å². The summed E-state index contributed by atoms with van der Waals surface area (Å²) in [7, 11) is 0. The molecule has 1 aliphatic carbocycles. The minimum atomic E-state index is -0.164. The van der Waals surface area contributed by atoms with Crippen LogP contribution in [0.3, 0.4) is 0 Å². The predicted molar refractivity (Wildman–Crippen MR) is 76.3 cm³/mol. The molecule has 1 fully saturated rings. The highest BCUT2D eigenvalue weighted by atomic mass is 16.5. The van der Waals surface area contributed by atoms with E-state index in [4.69, 9.17) is 9.84 Å². The first-order chi connectivity index (χ1) is 9.79. The van der Waals surface area contributed by atoms with Gasteiger partial charge >= 0.3 is 0 Å². The second kappa shape index (κ2) is 7.68. The molecule has 1 saturated carbocycles. The van der Waals surface area contributed by atoms with Crippen molar-refractivity contribution in [1.82, 2.24) is 5.32 Å². The van der Waals surface area contributed by atoms with Crippen molar-refractivity contribution in [3.63, 3.8) is 0 Å². The van der Waals surface area contributed by atoms with Gasteiger partial charge in [0, 0.05) is 24.3 Å². The number of carbonyl (C=O) groups excluding carboxylic acids is 1. The van der Waals surface area contributed by atoms with Gasteiger partial charge < -0.3 is 15.2 Å². The maximum Gasteiger partial charge on any atom is 0.251 e. The Bertz CT molecular complexity index is 495. The van der Waals surface area contributed by atoms with Crippen molar-refractivity contribution in [2.75, 3.05) is 26.4 Å². The summed E-state index contributed by atoms with van der Waals surface area (Å²) in [4.78, 5) is 11.8. The van der Waals surface area contributed by atoms with Gasteiger partial charge in [0.2, 0.25) is 0 Å². The lowest BCUT2D eigenvalue weighted by molar-refractivity contribution is 0.0906. The highest BCUT2D eigenvalue weighted by Crippen LogP contribution is 2.28. The fourth-order valence-corrected chi connectivity index (χ4v) is 1.72. The number of benzene rings is 1. The lowest BCUT2D eigenvalue weighted by atomic mass is 10.1. The first kappa shape index (κ1) is 14.6. The maximum absolute atomic E-state index is 11.8. The highest BCUT2D eigenvalue weighted by molar-refractivity contribution is 5.94. The monoisotopic (exact) mass is 273 g/mol. The van der Waals surface area contributed by atoms with Crippen molar-refractivity contribution < 1.29 is 14.6 Å². The summed E-state index contributed by atoms with van der Waals surface area (Å²) in [6.07, 6.45) is 2.55. The van der Waals surface area contributed by atoms with E-state index in [2.05, 4.69) is 17.2 Å². The van der Waals surface area contributed by atoms with Crippen LogP contribution in [0.25, 0.3) is 0 Å². The van der Waals surface area contributed by atoms with Crippen LogP contribution in [0.1, 0.15) is 28.8 Å². The minimum absolute atomic E-state index is 0.110. The molecule has 0 radical (unpaired) electrons. The summed E-state index contributed by atoms with van der Waals surface area (Å²) < 4.78 is 5.45. The van der Waals surface area contributed by atoms with Crippen molar-refractivity contribution in [3.8, 4) is 11.8 Å². The molecule has 1 aromatic carbocycles. The lowest BCUT2D eigenvalue weighted by Gasteiger charge is -2.06. The number of amides is 1. The van der Waals surface area contributed by atoms with Gasteiger partial charge in [-0.15, -0.1) is 0 Å². The van der Waals surface area contributed by atoms with E-state index < -0.39 is 0 Å². The maximum atomic E-state index is 11.8. The molecule has 0 aromatic heterocycles. The first-order valence-electron chi connectivity index (χ1n) is 6.85. The average molecular weight is 273 g/mol. The molecule has 4 heteroatoms. The van der Waals surface area contributed by atoms with Crippen molar-refractivity contribution in [1.29, 1.82) is 0 Å². The molecule has 20 heavy (non-hydrogen) atoms. The smallest absolute Gasteiger partial charge is 0.251 e. The van der Waals surface area contributed by atoms with Gasteiger partial charge in [0.1, 0.15) is 6.61 Å². The third-order valence-corrected chi connectivity index (χ3v) is 3.04. The fraction of sp³-hybridized carbons (Fsp3) is 0.438. The Morgan fingerprint density at radius 2 is 2.10 bits per heavy atom. The average Bonchev–Trinajstić information content (AvgIpc) is 3.29. The van der Waals surface area contributed by atoms with E-state index in [-0.39, 0.29) is 12.5 Å². The van der Waals surface area contributed by atoms with Gasteiger partial charge in [-0.3, -0.25) is 4.79 Å². The molecule has 0 atom stereocenters. The van der Waals surface area contributed by atoms with Crippen LogP contribution in [-0.2, 0) is 4.74 Å². The Balaban J connectivity index is 1.70. The zero-order valence-electron chi connectivity index (χ0n) is 11.4. The molecule has 1 aliphatic rings. The molecule has 0 bridgehead atoms. The summed E-state index contributed by atoms with van der Waals surface area (Å²) in [6, 6.07) is 6.98. The first-order valence-corrected chi connectivity index (χ1v) is 6.85. The normalized spacial score (nSPS) is 13.4. The van der Waals surface area contributed by atoms with Crippen molar-refractivity contribution >= 4 is 5.91 Å². The summed E-state index contributed by atoms with van der Waals surface area (Å²) in [5, 5.41) is 11.4. The van der Waals surface area contributed by atoms with Gasteiger partial charge in [-0.2, -0.15) is 0 Å². The molecule has 0 heterocycles. The lowest BCUT2D eigenvalue weighted by Crippen LogP contribution is -2.27. The van der Waals surface area contributed by atoms with Crippen LogP contribution in [0.2, 0.25) is 0 Å². The Morgan fingerprint density at radius 1 is 1.35 bits per heavy atom. The van der Waals surface area contributed by atoms with Crippen LogP contribution in [-0.4, -0.2) is 37.4 Å². The van der Waals surface area contributed by atoms with E-state index in [1.54, 1.807) is 24.3 Å². The number of hydrogen-bond donors (Lipinski definition) is 2. The minimum Gasteiger partial charge on any atom is -0.384 e. The third kappa shape index (κ3) is 5.04. The summed E-state index contributed by atoms with van der Waals surface area (Å²) in [5.74, 6) is 5.99. The van der Waals surface area contributed by atoms with Crippen LogP contribution in [0.15, 0.2) is 24.3 Å². The van der Waals surface area contributed by atoms with E-state index in [9.17, 15) is 4.79 Å². The molecule has 0 aliphatic heterocycles. The standard InChI is InChI=1S/C16H19NO3/c18-10-1-2-13-5-7-15(8-6-13)16(19)17-9-11-20-12-14-3-4-14/h5-8,14,18H,3-4,9-12H2,(H,17,19). The molecule has 2 rings (SSSR count). The zero-order chi connectivity index (χ0) is 14.2. The van der Waals surface area contributed by atoms with Crippen molar-refractivity contribution in [2.45, 2.75) is 12.8 Å². The molecule has 1 amide bonds. The Morgan fingerprint density at radius 3 is 2.75 bits per heavy atom. The predicted octanol–water partition coefficient (Wildman–Crippen LogP) is 1.19. The quantitative estimate of drug-likeness (QED) is 0.604. The van der Waals surface area contributed by atoms with Crippen molar-refractivity contribution in [3.05, 3.63) is 35.4 Å². The summed E-state index contributed by atoms with van der Waals surface area (Å²) in [5.41, 5.74) is 1.38. The Labute approximate surface area is 119 Å². The topological polar surface area (TPSA) is 58.6 Å². The van der Waals surface area contributed by atoms with E-state index in [0.29, 0.717) is 18.7 Å². The molecule has 0 spiro atoms. The number of carbonyl (C=O) groups is 1. The van der Waals surface area contributed by atoms with Crippen LogP contribution in [0.4, 0.5) is 0 Å². The van der Waals surface area contributed by atoms with E-state index in [0.717, 1.165) is 18.1 Å². The highest BCUT2D eigenvalue weighted by Gasteiger charge is 2.20. The van der Waals surface area contributed by atoms with Crippen LogP contribution in [0.5, 0.6) is 0 Å².